The van der Waals surface area contributed by atoms with Gasteiger partial charge in [0.25, 0.3) is 0 Å². The van der Waals surface area contributed by atoms with Crippen LogP contribution in [0, 0.1) is 12.3 Å². The lowest BCUT2D eigenvalue weighted by Crippen LogP contribution is -1.72. The van der Waals surface area contributed by atoms with E-state index in [0.717, 1.165) is 0 Å². The summed E-state index contributed by atoms with van der Waals surface area (Å²) in [6, 6.07) is 0. The molecule has 0 heterocycles. The monoisotopic (exact) mass is 138 g/mol. The first-order valence-electron chi connectivity index (χ1n) is 2.36. The van der Waals surface area contributed by atoms with Gasteiger partial charge in [-0.25, -0.2) is 0 Å². The van der Waals surface area contributed by atoms with Crippen LogP contribution in [-0.4, -0.2) is 0 Å². The second-order valence-corrected chi connectivity index (χ2v) is 1.78. The van der Waals surface area contributed by atoms with Crippen LogP contribution in [0.15, 0.2) is 35.9 Å². The molecule has 0 unspecified atom stereocenters. The largest absolute Gasteiger partial charge is 0.115 e. The van der Waals surface area contributed by atoms with Crippen LogP contribution in [0.1, 0.15) is 0 Å². The summed E-state index contributed by atoms with van der Waals surface area (Å²) >= 11 is 5.58. The molecule has 0 saturated carbocycles. The number of rotatable bonds is 2. The third-order valence-corrected chi connectivity index (χ3v) is 1.08. The molecule has 0 aliphatic rings. The van der Waals surface area contributed by atoms with E-state index in [4.69, 9.17) is 18.0 Å². The maximum atomic E-state index is 5.58. The Morgan fingerprint density at radius 1 is 1.67 bits per heavy atom. The summed E-state index contributed by atoms with van der Waals surface area (Å²) in [5, 5.41) is 0.465. The first-order valence-corrected chi connectivity index (χ1v) is 2.74. The van der Waals surface area contributed by atoms with Crippen LogP contribution >= 0.6 is 11.6 Å². The van der Waals surface area contributed by atoms with E-state index in [0.29, 0.717) is 10.6 Å². The molecule has 9 heavy (non-hydrogen) atoms. The van der Waals surface area contributed by atoms with Crippen LogP contribution in [0.25, 0.3) is 0 Å². The standard InChI is InChI=1S/C8H7Cl/c1-4-6-8(9)7(3)5-2/h2,4,6H,1,3H2/b8-6+. The smallest absolute Gasteiger partial charge is 0.0556 e. The van der Waals surface area contributed by atoms with E-state index in [-0.39, 0.29) is 0 Å². The topological polar surface area (TPSA) is 0 Å². The summed E-state index contributed by atoms with van der Waals surface area (Å²) in [5.41, 5.74) is 0.483. The quantitative estimate of drug-likeness (QED) is 0.406. The van der Waals surface area contributed by atoms with Crippen molar-refractivity contribution >= 4 is 11.6 Å². The third kappa shape index (κ3) is 2.79. The summed E-state index contributed by atoms with van der Waals surface area (Å²) in [4.78, 5) is 0. The van der Waals surface area contributed by atoms with Crippen molar-refractivity contribution in [1.29, 1.82) is 0 Å². The fourth-order valence-electron chi connectivity index (χ4n) is 0.273. The van der Waals surface area contributed by atoms with Crippen molar-refractivity contribution in [2.24, 2.45) is 0 Å². The molecule has 0 aliphatic heterocycles. The SMILES string of the molecule is C#CC(=C)/C(Cl)=C\C=C. The van der Waals surface area contributed by atoms with Gasteiger partial charge < -0.3 is 0 Å². The summed E-state index contributed by atoms with van der Waals surface area (Å²) in [6.45, 7) is 6.95. The highest BCUT2D eigenvalue weighted by molar-refractivity contribution is 6.32. The van der Waals surface area contributed by atoms with Gasteiger partial charge in [-0.15, -0.1) is 6.42 Å². The minimum atomic E-state index is 0.465. The molecule has 0 aromatic carbocycles. The first kappa shape index (κ1) is 8.07. The predicted molar refractivity (Wildman–Crippen MR) is 42.1 cm³/mol. The molecule has 46 valence electrons. The Balaban J connectivity index is 4.24. The second-order valence-electron chi connectivity index (χ2n) is 1.37. The van der Waals surface area contributed by atoms with Crippen molar-refractivity contribution in [3.05, 3.63) is 35.9 Å². The molecule has 0 rings (SSSR count). The highest BCUT2D eigenvalue weighted by atomic mass is 35.5. The fraction of sp³-hybridized carbons (Fsp3) is 0. The summed E-state index contributed by atoms with van der Waals surface area (Å²) < 4.78 is 0. The van der Waals surface area contributed by atoms with Crippen LogP contribution in [0.4, 0.5) is 0 Å². The Morgan fingerprint density at radius 3 is 2.56 bits per heavy atom. The maximum Gasteiger partial charge on any atom is 0.0556 e. The second kappa shape index (κ2) is 4.00. The predicted octanol–water partition coefficient (Wildman–Crippen LogP) is 2.48. The number of terminal acetylenes is 1. The Hall–Kier alpha value is -0.930. The molecule has 0 atom stereocenters. The zero-order chi connectivity index (χ0) is 7.28. The molecular weight excluding hydrogens is 132 g/mol. The Morgan fingerprint density at radius 2 is 2.22 bits per heavy atom. The molecule has 0 amide bonds. The summed E-state index contributed by atoms with van der Waals surface area (Å²) in [7, 11) is 0. The van der Waals surface area contributed by atoms with Gasteiger partial charge in [0.05, 0.1) is 5.03 Å². The number of halogens is 1. The van der Waals surface area contributed by atoms with Crippen molar-refractivity contribution in [2.45, 2.75) is 0 Å². The minimum absolute atomic E-state index is 0.465. The van der Waals surface area contributed by atoms with E-state index in [1.54, 1.807) is 12.2 Å². The lowest BCUT2D eigenvalue weighted by Gasteiger charge is -1.89. The molecule has 0 saturated heterocycles. The maximum absolute atomic E-state index is 5.58. The lowest BCUT2D eigenvalue weighted by atomic mass is 10.3. The molecular formula is C8H7Cl. The molecule has 0 nitrogen and oxygen atoms in total. The number of hydrogen-bond donors (Lipinski definition) is 0. The average Bonchev–Trinajstić information content (AvgIpc) is 1.87. The molecule has 0 N–H and O–H groups in total. The van der Waals surface area contributed by atoms with Crippen LogP contribution in [0.3, 0.4) is 0 Å². The Labute approximate surface area is 60.5 Å². The fourth-order valence-corrected chi connectivity index (χ4v) is 0.417. The molecule has 0 bridgehead atoms. The summed E-state index contributed by atoms with van der Waals surface area (Å²) in [6.07, 6.45) is 8.16. The van der Waals surface area contributed by atoms with Gasteiger partial charge in [-0.05, 0) is 6.08 Å². The normalized spacial score (nSPS) is 10.0. The zero-order valence-corrected chi connectivity index (χ0v) is 5.78. The van der Waals surface area contributed by atoms with Gasteiger partial charge in [0, 0.05) is 5.57 Å². The minimum Gasteiger partial charge on any atom is -0.115 e. The van der Waals surface area contributed by atoms with Gasteiger partial charge in [-0.1, -0.05) is 36.8 Å². The summed E-state index contributed by atoms with van der Waals surface area (Å²) in [5.74, 6) is 2.31. The van der Waals surface area contributed by atoms with Crippen molar-refractivity contribution in [3.8, 4) is 12.3 Å². The molecule has 0 radical (unpaired) electrons. The first-order chi connectivity index (χ1) is 4.22. The Bertz CT molecular complexity index is 191. The van der Waals surface area contributed by atoms with Crippen LogP contribution in [0.2, 0.25) is 0 Å². The van der Waals surface area contributed by atoms with Crippen molar-refractivity contribution in [2.75, 3.05) is 0 Å². The molecule has 0 spiro atoms. The number of hydrogen-bond acceptors (Lipinski definition) is 0. The highest BCUT2D eigenvalue weighted by Crippen LogP contribution is 2.10. The van der Waals surface area contributed by atoms with Crippen molar-refractivity contribution in [1.82, 2.24) is 0 Å². The third-order valence-electron chi connectivity index (χ3n) is 0.727. The highest BCUT2D eigenvalue weighted by Gasteiger charge is 1.89. The van der Waals surface area contributed by atoms with Crippen LogP contribution in [-0.2, 0) is 0 Å². The Kier molecular flexibility index (Phi) is 3.59. The molecule has 0 aliphatic carbocycles. The van der Waals surface area contributed by atoms with E-state index in [1.165, 1.54) is 0 Å². The molecule has 0 aromatic rings. The van der Waals surface area contributed by atoms with Gasteiger partial charge >= 0.3 is 0 Å². The van der Waals surface area contributed by atoms with Gasteiger partial charge in [-0.2, -0.15) is 0 Å². The van der Waals surface area contributed by atoms with E-state index in [1.807, 2.05) is 0 Å². The molecule has 0 aromatic heterocycles. The van der Waals surface area contributed by atoms with E-state index in [9.17, 15) is 0 Å². The van der Waals surface area contributed by atoms with Crippen molar-refractivity contribution in [3.63, 3.8) is 0 Å². The molecule has 0 fully saturated rings. The molecule has 1 heteroatoms. The van der Waals surface area contributed by atoms with E-state index >= 15 is 0 Å². The van der Waals surface area contributed by atoms with E-state index in [2.05, 4.69) is 19.1 Å². The van der Waals surface area contributed by atoms with Gasteiger partial charge in [0.2, 0.25) is 0 Å². The van der Waals surface area contributed by atoms with Gasteiger partial charge in [-0.3, -0.25) is 0 Å². The number of allylic oxidation sites excluding steroid dienone is 4. The van der Waals surface area contributed by atoms with E-state index < -0.39 is 0 Å². The lowest BCUT2D eigenvalue weighted by molar-refractivity contribution is 1.76. The van der Waals surface area contributed by atoms with Gasteiger partial charge in [0.1, 0.15) is 0 Å². The van der Waals surface area contributed by atoms with Crippen LogP contribution < -0.4 is 0 Å². The van der Waals surface area contributed by atoms with Crippen LogP contribution in [0.5, 0.6) is 0 Å². The van der Waals surface area contributed by atoms with Gasteiger partial charge in [0.15, 0.2) is 0 Å². The van der Waals surface area contributed by atoms with Crippen molar-refractivity contribution < 1.29 is 0 Å². The average molecular weight is 139 g/mol. The zero-order valence-electron chi connectivity index (χ0n) is 5.02.